The highest BCUT2D eigenvalue weighted by Crippen LogP contribution is 2.15. The van der Waals surface area contributed by atoms with Gasteiger partial charge in [-0.25, -0.2) is 0 Å². The predicted molar refractivity (Wildman–Crippen MR) is 63.5 cm³/mol. The van der Waals surface area contributed by atoms with Crippen LogP contribution in [0.1, 0.15) is 5.56 Å². The Hall–Kier alpha value is -1.97. The molecular formula is C12H15N3O. The van der Waals surface area contributed by atoms with Crippen LogP contribution in [-0.4, -0.2) is 16.9 Å². The molecule has 84 valence electrons. The van der Waals surface area contributed by atoms with E-state index >= 15 is 0 Å². The maximum atomic E-state index is 5.09. The van der Waals surface area contributed by atoms with Crippen molar-refractivity contribution >= 4 is 5.69 Å². The van der Waals surface area contributed by atoms with Crippen molar-refractivity contribution in [3.05, 3.63) is 42.2 Å². The van der Waals surface area contributed by atoms with Gasteiger partial charge in [0.1, 0.15) is 5.75 Å². The number of aromatic nitrogens is 2. The van der Waals surface area contributed by atoms with Crippen molar-refractivity contribution in [2.45, 2.75) is 6.54 Å². The molecule has 0 radical (unpaired) electrons. The summed E-state index contributed by atoms with van der Waals surface area (Å²) in [4.78, 5) is 0. The fourth-order valence-electron chi connectivity index (χ4n) is 1.48. The zero-order chi connectivity index (χ0) is 11.4. The van der Waals surface area contributed by atoms with Crippen LogP contribution >= 0.6 is 0 Å². The summed E-state index contributed by atoms with van der Waals surface area (Å²) in [5.41, 5.74) is 2.24. The van der Waals surface area contributed by atoms with Crippen molar-refractivity contribution in [1.82, 2.24) is 9.78 Å². The van der Waals surface area contributed by atoms with Crippen LogP contribution in [0.5, 0.6) is 5.75 Å². The monoisotopic (exact) mass is 217 g/mol. The summed E-state index contributed by atoms with van der Waals surface area (Å²) in [7, 11) is 3.58. The van der Waals surface area contributed by atoms with Crippen molar-refractivity contribution in [2.75, 3.05) is 12.4 Å². The lowest BCUT2D eigenvalue weighted by Crippen LogP contribution is -1.98. The Morgan fingerprint density at radius 1 is 1.31 bits per heavy atom. The van der Waals surface area contributed by atoms with E-state index in [4.69, 9.17) is 4.74 Å². The normalized spacial score (nSPS) is 10.1. The van der Waals surface area contributed by atoms with Crippen LogP contribution in [-0.2, 0) is 13.6 Å². The Morgan fingerprint density at radius 3 is 2.62 bits per heavy atom. The molecule has 0 unspecified atom stereocenters. The molecule has 0 fully saturated rings. The first-order chi connectivity index (χ1) is 7.78. The minimum Gasteiger partial charge on any atom is -0.497 e. The zero-order valence-corrected chi connectivity index (χ0v) is 9.47. The summed E-state index contributed by atoms with van der Waals surface area (Å²) < 4.78 is 6.89. The first-order valence-corrected chi connectivity index (χ1v) is 5.13. The van der Waals surface area contributed by atoms with Gasteiger partial charge in [0.2, 0.25) is 0 Å². The van der Waals surface area contributed by atoms with E-state index in [1.165, 1.54) is 5.56 Å². The van der Waals surface area contributed by atoms with Crippen LogP contribution in [0.2, 0.25) is 0 Å². The van der Waals surface area contributed by atoms with Gasteiger partial charge in [0, 0.05) is 31.0 Å². The summed E-state index contributed by atoms with van der Waals surface area (Å²) in [5, 5.41) is 7.43. The molecule has 16 heavy (non-hydrogen) atoms. The van der Waals surface area contributed by atoms with Crippen LogP contribution in [0.3, 0.4) is 0 Å². The Balaban J connectivity index is 1.94. The lowest BCUT2D eigenvalue weighted by molar-refractivity contribution is 0.415. The average Bonchev–Trinajstić information content (AvgIpc) is 2.73. The molecule has 4 nitrogen and oxygen atoms in total. The van der Waals surface area contributed by atoms with Gasteiger partial charge in [-0.2, -0.15) is 5.10 Å². The second kappa shape index (κ2) is 4.70. The van der Waals surface area contributed by atoms with Crippen molar-refractivity contribution in [3.8, 4) is 5.75 Å². The Labute approximate surface area is 94.9 Å². The van der Waals surface area contributed by atoms with E-state index in [9.17, 15) is 0 Å². The van der Waals surface area contributed by atoms with Gasteiger partial charge in [0.25, 0.3) is 0 Å². The van der Waals surface area contributed by atoms with Gasteiger partial charge >= 0.3 is 0 Å². The molecule has 1 aromatic carbocycles. The summed E-state index contributed by atoms with van der Waals surface area (Å²) >= 11 is 0. The van der Waals surface area contributed by atoms with Crippen molar-refractivity contribution in [2.24, 2.45) is 7.05 Å². The Morgan fingerprint density at radius 2 is 2.06 bits per heavy atom. The van der Waals surface area contributed by atoms with Gasteiger partial charge in [-0.1, -0.05) is 0 Å². The number of nitrogens with one attached hydrogen (secondary N) is 1. The first kappa shape index (κ1) is 10.5. The van der Waals surface area contributed by atoms with Crippen LogP contribution in [0.4, 0.5) is 5.69 Å². The second-order valence-corrected chi connectivity index (χ2v) is 3.60. The molecule has 0 spiro atoms. The lowest BCUT2D eigenvalue weighted by atomic mass is 10.3. The Kier molecular flexibility index (Phi) is 3.10. The van der Waals surface area contributed by atoms with Crippen LogP contribution in [0.15, 0.2) is 36.7 Å². The molecule has 0 saturated carbocycles. The fourth-order valence-corrected chi connectivity index (χ4v) is 1.48. The molecule has 0 saturated heterocycles. The molecule has 2 rings (SSSR count). The van der Waals surface area contributed by atoms with E-state index in [1.807, 2.05) is 43.7 Å². The third-order valence-electron chi connectivity index (χ3n) is 2.35. The number of hydrogen-bond acceptors (Lipinski definition) is 3. The van der Waals surface area contributed by atoms with Gasteiger partial charge in [0.15, 0.2) is 0 Å². The molecule has 0 bridgehead atoms. The molecule has 0 amide bonds. The lowest BCUT2D eigenvalue weighted by Gasteiger charge is -2.05. The smallest absolute Gasteiger partial charge is 0.119 e. The number of ether oxygens (including phenoxy) is 1. The van der Waals surface area contributed by atoms with Crippen LogP contribution < -0.4 is 10.1 Å². The summed E-state index contributed by atoms with van der Waals surface area (Å²) in [6.45, 7) is 0.778. The van der Waals surface area contributed by atoms with Gasteiger partial charge < -0.3 is 10.1 Å². The minimum absolute atomic E-state index is 0.778. The third kappa shape index (κ3) is 2.53. The maximum Gasteiger partial charge on any atom is 0.119 e. The topological polar surface area (TPSA) is 39.1 Å². The number of anilines is 1. The van der Waals surface area contributed by atoms with Crippen LogP contribution in [0, 0.1) is 0 Å². The van der Waals surface area contributed by atoms with Crippen molar-refractivity contribution < 1.29 is 4.74 Å². The maximum absolute atomic E-state index is 5.09. The SMILES string of the molecule is COc1ccc(NCc2cnn(C)c2)cc1. The number of rotatable bonds is 4. The van der Waals surface area contributed by atoms with Crippen LogP contribution in [0.25, 0.3) is 0 Å². The molecule has 1 heterocycles. The Bertz CT molecular complexity index is 448. The van der Waals surface area contributed by atoms with E-state index in [-0.39, 0.29) is 0 Å². The molecule has 4 heteroatoms. The minimum atomic E-state index is 0.778. The molecular weight excluding hydrogens is 202 g/mol. The predicted octanol–water partition coefficient (Wildman–Crippen LogP) is 2.04. The summed E-state index contributed by atoms with van der Waals surface area (Å²) in [5.74, 6) is 0.868. The summed E-state index contributed by atoms with van der Waals surface area (Å²) in [6.07, 6.45) is 3.85. The summed E-state index contributed by atoms with van der Waals surface area (Å²) in [6, 6.07) is 7.86. The number of benzene rings is 1. The standard InChI is InChI=1S/C12H15N3O/c1-15-9-10(8-14-15)7-13-11-3-5-12(16-2)6-4-11/h3-6,8-9,13H,7H2,1-2H3. The number of nitrogens with zero attached hydrogens (tertiary/aromatic N) is 2. The molecule has 0 aliphatic carbocycles. The van der Waals surface area contributed by atoms with Crippen molar-refractivity contribution in [3.63, 3.8) is 0 Å². The number of methoxy groups -OCH3 is 1. The highest BCUT2D eigenvalue weighted by Gasteiger charge is 1.97. The molecule has 1 aromatic heterocycles. The highest BCUT2D eigenvalue weighted by molar-refractivity contribution is 5.46. The number of aryl methyl sites for hydroxylation is 1. The average molecular weight is 217 g/mol. The van der Waals surface area contributed by atoms with E-state index in [2.05, 4.69) is 10.4 Å². The van der Waals surface area contributed by atoms with Gasteiger partial charge in [-0.15, -0.1) is 0 Å². The molecule has 1 N–H and O–H groups in total. The zero-order valence-electron chi connectivity index (χ0n) is 9.47. The van der Waals surface area contributed by atoms with Gasteiger partial charge in [0.05, 0.1) is 13.3 Å². The van der Waals surface area contributed by atoms with E-state index in [0.717, 1.165) is 18.0 Å². The van der Waals surface area contributed by atoms with E-state index < -0.39 is 0 Å². The molecule has 2 aromatic rings. The second-order valence-electron chi connectivity index (χ2n) is 3.60. The van der Waals surface area contributed by atoms with Gasteiger partial charge in [-0.05, 0) is 24.3 Å². The van der Waals surface area contributed by atoms with E-state index in [1.54, 1.807) is 11.8 Å². The number of hydrogen-bond donors (Lipinski definition) is 1. The molecule has 0 aliphatic heterocycles. The quantitative estimate of drug-likeness (QED) is 0.851. The van der Waals surface area contributed by atoms with Gasteiger partial charge in [-0.3, -0.25) is 4.68 Å². The van der Waals surface area contributed by atoms with E-state index in [0.29, 0.717) is 0 Å². The van der Waals surface area contributed by atoms with Crippen molar-refractivity contribution in [1.29, 1.82) is 0 Å². The largest absolute Gasteiger partial charge is 0.497 e. The fraction of sp³-hybridized carbons (Fsp3) is 0.250. The molecule has 0 atom stereocenters. The third-order valence-corrected chi connectivity index (χ3v) is 2.35. The first-order valence-electron chi connectivity index (χ1n) is 5.13. The highest BCUT2D eigenvalue weighted by atomic mass is 16.5. The molecule has 0 aliphatic rings.